The zero-order valence-electron chi connectivity index (χ0n) is 11.1. The average Bonchev–Trinajstić information content (AvgIpc) is 2.25. The number of hydrogen-bond donors (Lipinski definition) is 2. The lowest BCUT2D eigenvalue weighted by Crippen LogP contribution is -2.47. The van der Waals surface area contributed by atoms with Gasteiger partial charge in [-0.25, -0.2) is 0 Å². The minimum absolute atomic E-state index is 0.0817. The number of nitrogens with one attached hydrogen (secondary N) is 2. The number of rotatable bonds is 3. The van der Waals surface area contributed by atoms with Gasteiger partial charge >= 0.3 is 0 Å². The van der Waals surface area contributed by atoms with Gasteiger partial charge in [0.15, 0.2) is 0 Å². The van der Waals surface area contributed by atoms with Crippen LogP contribution in [0.25, 0.3) is 0 Å². The van der Waals surface area contributed by atoms with Crippen molar-refractivity contribution in [3.8, 4) is 0 Å². The molecule has 0 bridgehead atoms. The van der Waals surface area contributed by atoms with Crippen molar-refractivity contribution in [1.82, 2.24) is 10.6 Å². The summed E-state index contributed by atoms with van der Waals surface area (Å²) in [6.45, 7) is 7.36. The molecule has 0 saturated heterocycles. The highest BCUT2D eigenvalue weighted by atomic mass is 16.1. The molecule has 0 aromatic rings. The van der Waals surface area contributed by atoms with Crippen LogP contribution >= 0.6 is 0 Å². The summed E-state index contributed by atoms with van der Waals surface area (Å²) >= 11 is 0. The normalized spacial score (nSPS) is 26.5. The number of hydrogen-bond acceptors (Lipinski definition) is 2. The predicted octanol–water partition coefficient (Wildman–Crippen LogP) is 1.93. The Kier molecular flexibility index (Phi) is 4.78. The Balaban J connectivity index is 2.51. The molecule has 1 aliphatic carbocycles. The Morgan fingerprint density at radius 1 is 1.25 bits per heavy atom. The lowest BCUT2D eigenvalue weighted by Gasteiger charge is -2.40. The molecule has 3 heteroatoms. The molecule has 2 unspecified atom stereocenters. The summed E-state index contributed by atoms with van der Waals surface area (Å²) in [4.78, 5) is 11.2. The van der Waals surface area contributed by atoms with Crippen LogP contribution in [0.5, 0.6) is 0 Å². The maximum Gasteiger partial charge on any atom is 0.233 e. The fourth-order valence-electron chi connectivity index (χ4n) is 2.72. The standard InChI is InChI=1S/C13H26N2O/c1-13(2,3)10-7-5-6-8-11(10)15-9-12(16)14-4/h10-11,15H,5-9H2,1-4H3,(H,14,16). The summed E-state index contributed by atoms with van der Waals surface area (Å²) in [6, 6.07) is 0.506. The summed E-state index contributed by atoms with van der Waals surface area (Å²) in [5.74, 6) is 0.768. The van der Waals surface area contributed by atoms with Gasteiger partial charge in [-0.15, -0.1) is 0 Å². The number of carbonyl (C=O) groups excluding carboxylic acids is 1. The second-order valence-electron chi connectivity index (χ2n) is 5.92. The predicted molar refractivity (Wildman–Crippen MR) is 67.3 cm³/mol. The van der Waals surface area contributed by atoms with E-state index < -0.39 is 0 Å². The first-order chi connectivity index (χ1) is 7.45. The molecular formula is C13H26N2O. The Labute approximate surface area is 99.4 Å². The van der Waals surface area contributed by atoms with Gasteiger partial charge in [-0.3, -0.25) is 4.79 Å². The summed E-state index contributed by atoms with van der Waals surface area (Å²) in [6.07, 6.45) is 5.12. The van der Waals surface area contributed by atoms with E-state index in [9.17, 15) is 4.79 Å². The first kappa shape index (κ1) is 13.5. The molecule has 1 aliphatic rings. The first-order valence-corrected chi connectivity index (χ1v) is 6.39. The highest BCUT2D eigenvalue weighted by Gasteiger charge is 2.33. The summed E-state index contributed by atoms with van der Waals surface area (Å²) in [5, 5.41) is 6.07. The number of amides is 1. The third kappa shape index (κ3) is 3.78. The average molecular weight is 226 g/mol. The second kappa shape index (κ2) is 5.67. The summed E-state index contributed by atoms with van der Waals surface area (Å²) in [7, 11) is 1.69. The number of carbonyl (C=O) groups is 1. The van der Waals surface area contributed by atoms with Gasteiger partial charge < -0.3 is 10.6 Å². The van der Waals surface area contributed by atoms with Crippen LogP contribution in [0.2, 0.25) is 0 Å². The highest BCUT2D eigenvalue weighted by molar-refractivity contribution is 5.77. The largest absolute Gasteiger partial charge is 0.358 e. The fraction of sp³-hybridized carbons (Fsp3) is 0.923. The van der Waals surface area contributed by atoms with E-state index >= 15 is 0 Å². The molecule has 2 N–H and O–H groups in total. The van der Waals surface area contributed by atoms with Crippen LogP contribution in [-0.2, 0) is 4.79 Å². The molecule has 1 saturated carbocycles. The minimum atomic E-state index is 0.0817. The van der Waals surface area contributed by atoms with E-state index in [2.05, 4.69) is 31.4 Å². The van der Waals surface area contributed by atoms with Crippen molar-refractivity contribution in [2.75, 3.05) is 13.6 Å². The lowest BCUT2D eigenvalue weighted by molar-refractivity contribution is -0.120. The molecule has 94 valence electrons. The molecule has 0 spiro atoms. The Morgan fingerprint density at radius 2 is 1.88 bits per heavy atom. The van der Waals surface area contributed by atoms with Gasteiger partial charge in [-0.1, -0.05) is 33.6 Å². The molecule has 1 amide bonds. The van der Waals surface area contributed by atoms with Crippen molar-refractivity contribution in [3.63, 3.8) is 0 Å². The topological polar surface area (TPSA) is 41.1 Å². The molecule has 2 atom stereocenters. The smallest absolute Gasteiger partial charge is 0.233 e. The van der Waals surface area contributed by atoms with Gasteiger partial charge in [0.1, 0.15) is 0 Å². The van der Waals surface area contributed by atoms with Gasteiger partial charge in [0.25, 0.3) is 0 Å². The third-order valence-electron chi connectivity index (χ3n) is 3.68. The Hall–Kier alpha value is -0.570. The maximum atomic E-state index is 11.2. The second-order valence-corrected chi connectivity index (χ2v) is 5.92. The van der Waals surface area contributed by atoms with Gasteiger partial charge in [0.05, 0.1) is 6.54 Å². The van der Waals surface area contributed by atoms with Crippen molar-refractivity contribution in [1.29, 1.82) is 0 Å². The summed E-state index contributed by atoms with van der Waals surface area (Å²) in [5.41, 5.74) is 0.334. The quantitative estimate of drug-likeness (QED) is 0.772. The molecule has 0 aromatic carbocycles. The molecule has 1 fully saturated rings. The monoisotopic (exact) mass is 226 g/mol. The van der Waals surface area contributed by atoms with E-state index in [1.807, 2.05) is 0 Å². The van der Waals surface area contributed by atoms with Crippen molar-refractivity contribution in [2.24, 2.45) is 11.3 Å². The van der Waals surface area contributed by atoms with E-state index in [0.29, 0.717) is 23.9 Å². The van der Waals surface area contributed by atoms with Crippen LogP contribution in [0.3, 0.4) is 0 Å². The molecule has 1 rings (SSSR count). The lowest BCUT2D eigenvalue weighted by atomic mass is 9.69. The number of likely N-dealkylation sites (N-methyl/N-ethyl adjacent to an activating group) is 1. The molecular weight excluding hydrogens is 200 g/mol. The van der Waals surface area contributed by atoms with Crippen molar-refractivity contribution >= 4 is 5.91 Å². The van der Waals surface area contributed by atoms with Crippen LogP contribution in [-0.4, -0.2) is 25.5 Å². The molecule has 3 nitrogen and oxygen atoms in total. The van der Waals surface area contributed by atoms with E-state index in [0.717, 1.165) is 0 Å². The maximum absolute atomic E-state index is 11.2. The third-order valence-corrected chi connectivity index (χ3v) is 3.68. The fourth-order valence-corrected chi connectivity index (χ4v) is 2.72. The molecule has 0 aromatic heterocycles. The van der Waals surface area contributed by atoms with Crippen LogP contribution in [0, 0.1) is 11.3 Å². The van der Waals surface area contributed by atoms with E-state index in [-0.39, 0.29) is 5.91 Å². The van der Waals surface area contributed by atoms with Crippen molar-refractivity contribution < 1.29 is 4.79 Å². The minimum Gasteiger partial charge on any atom is -0.358 e. The SMILES string of the molecule is CNC(=O)CNC1CCCCC1C(C)(C)C. The zero-order valence-corrected chi connectivity index (χ0v) is 11.1. The van der Waals surface area contributed by atoms with E-state index in [4.69, 9.17) is 0 Å². The van der Waals surface area contributed by atoms with Gasteiger partial charge in [0.2, 0.25) is 5.91 Å². The van der Waals surface area contributed by atoms with Gasteiger partial charge in [-0.05, 0) is 24.2 Å². The molecule has 0 radical (unpaired) electrons. The zero-order chi connectivity index (χ0) is 12.2. The van der Waals surface area contributed by atoms with Crippen LogP contribution < -0.4 is 10.6 Å². The van der Waals surface area contributed by atoms with Crippen molar-refractivity contribution in [3.05, 3.63) is 0 Å². The molecule has 0 aliphatic heterocycles. The molecule has 0 heterocycles. The van der Waals surface area contributed by atoms with E-state index in [1.165, 1.54) is 25.7 Å². The van der Waals surface area contributed by atoms with Gasteiger partial charge in [0, 0.05) is 13.1 Å². The van der Waals surface area contributed by atoms with Crippen molar-refractivity contribution in [2.45, 2.75) is 52.5 Å². The van der Waals surface area contributed by atoms with E-state index in [1.54, 1.807) is 7.05 Å². The molecule has 16 heavy (non-hydrogen) atoms. The van der Waals surface area contributed by atoms with Crippen LogP contribution in [0.4, 0.5) is 0 Å². The Morgan fingerprint density at radius 3 is 2.44 bits per heavy atom. The van der Waals surface area contributed by atoms with Crippen LogP contribution in [0.1, 0.15) is 46.5 Å². The summed E-state index contributed by atoms with van der Waals surface area (Å²) < 4.78 is 0. The first-order valence-electron chi connectivity index (χ1n) is 6.39. The highest BCUT2D eigenvalue weighted by Crippen LogP contribution is 2.37. The van der Waals surface area contributed by atoms with Crippen LogP contribution in [0.15, 0.2) is 0 Å². The van der Waals surface area contributed by atoms with Gasteiger partial charge in [-0.2, -0.15) is 0 Å². The Bertz CT molecular complexity index is 233.